The van der Waals surface area contributed by atoms with E-state index in [1.54, 1.807) is 30.3 Å². The highest BCUT2D eigenvalue weighted by atomic mass is 16.5. The van der Waals surface area contributed by atoms with Gasteiger partial charge in [-0.1, -0.05) is 69.0 Å². The van der Waals surface area contributed by atoms with Crippen LogP contribution >= 0.6 is 0 Å². The van der Waals surface area contributed by atoms with Crippen LogP contribution < -0.4 is 4.74 Å². The molecule has 1 unspecified atom stereocenters. The molecule has 2 aromatic carbocycles. The molecule has 0 spiro atoms. The highest BCUT2D eigenvalue weighted by Gasteiger charge is 2.12. The van der Waals surface area contributed by atoms with Gasteiger partial charge in [-0.2, -0.15) is 5.26 Å². The summed E-state index contributed by atoms with van der Waals surface area (Å²) in [6, 6.07) is 18.4. The summed E-state index contributed by atoms with van der Waals surface area (Å²) in [4.78, 5) is 0. The molecular weight excluding hydrogens is 302 g/mol. The highest BCUT2D eigenvalue weighted by Crippen LogP contribution is 2.24. The summed E-state index contributed by atoms with van der Waals surface area (Å²) in [5.41, 5.74) is 1.48. The second-order valence-corrected chi connectivity index (χ2v) is 4.67. The number of aliphatic hydroxyl groups is 1. The van der Waals surface area contributed by atoms with Crippen molar-refractivity contribution in [3.63, 3.8) is 0 Å². The minimum absolute atomic E-state index is 0.155. The van der Waals surface area contributed by atoms with Crippen LogP contribution in [0.5, 0.6) is 5.75 Å². The van der Waals surface area contributed by atoms with E-state index in [2.05, 4.69) is 6.58 Å². The van der Waals surface area contributed by atoms with Crippen molar-refractivity contribution in [1.29, 1.82) is 5.26 Å². The molecule has 126 valence electrons. The molecule has 2 aromatic rings. The van der Waals surface area contributed by atoms with Crippen LogP contribution in [-0.2, 0) is 11.3 Å². The molecule has 0 aromatic heterocycles. The van der Waals surface area contributed by atoms with Gasteiger partial charge >= 0.3 is 0 Å². The first-order valence-electron chi connectivity index (χ1n) is 7.84. The van der Waals surface area contributed by atoms with Gasteiger partial charge in [-0.15, -0.1) is 0 Å². The van der Waals surface area contributed by atoms with Gasteiger partial charge < -0.3 is 14.6 Å². The molecule has 0 amide bonds. The minimum Gasteiger partial charge on any atom is -0.490 e. The minimum atomic E-state index is -1.21. The zero-order chi connectivity index (χ0) is 17.8. The normalized spacial score (nSPS) is 10.6. The van der Waals surface area contributed by atoms with Crippen LogP contribution in [0.2, 0.25) is 0 Å². The molecule has 4 heteroatoms. The Kier molecular flexibility index (Phi) is 8.73. The Morgan fingerprint density at radius 1 is 1.12 bits per heavy atom. The number of hydrogen-bond acceptors (Lipinski definition) is 4. The molecule has 1 atom stereocenters. The predicted octanol–water partition coefficient (Wildman–Crippen LogP) is 4.38. The Morgan fingerprint density at radius 2 is 1.75 bits per heavy atom. The average molecular weight is 325 g/mol. The summed E-state index contributed by atoms with van der Waals surface area (Å²) >= 11 is 0. The average Bonchev–Trinajstić information content (AvgIpc) is 2.66. The molecule has 0 radical (unpaired) electrons. The number of ether oxygens (including phenoxy) is 2. The zero-order valence-corrected chi connectivity index (χ0v) is 14.1. The van der Waals surface area contributed by atoms with Crippen LogP contribution in [0.15, 0.2) is 66.9 Å². The molecule has 0 aliphatic carbocycles. The van der Waals surface area contributed by atoms with E-state index in [0.717, 1.165) is 5.56 Å². The predicted molar refractivity (Wildman–Crippen MR) is 94.2 cm³/mol. The number of aliphatic hydroxyl groups excluding tert-OH is 1. The van der Waals surface area contributed by atoms with Crippen molar-refractivity contribution in [1.82, 2.24) is 0 Å². The fourth-order valence-corrected chi connectivity index (χ4v) is 1.87. The first kappa shape index (κ1) is 19.3. The van der Waals surface area contributed by atoms with Crippen LogP contribution in [0.25, 0.3) is 0 Å². The number of nitriles is 1. The van der Waals surface area contributed by atoms with Crippen LogP contribution in [0, 0.1) is 11.3 Å². The van der Waals surface area contributed by atoms with E-state index in [-0.39, 0.29) is 6.61 Å². The second-order valence-electron chi connectivity index (χ2n) is 4.67. The van der Waals surface area contributed by atoms with Crippen molar-refractivity contribution in [2.45, 2.75) is 26.6 Å². The standard InChI is InChI=1S/C18H17NO3.C2H6/c1-14(21-13-15-7-3-2-4-8-15)12-22-18-10-6-5-9-16(18)17(20)11-19;1-2/h2-10,17,20H,1,12-13H2;1-2H3. The van der Waals surface area contributed by atoms with E-state index in [1.165, 1.54) is 0 Å². The third kappa shape index (κ3) is 6.15. The molecule has 0 fully saturated rings. The van der Waals surface area contributed by atoms with E-state index in [1.807, 2.05) is 44.2 Å². The number of rotatable bonds is 7. The lowest BCUT2D eigenvalue weighted by molar-refractivity contribution is 0.157. The van der Waals surface area contributed by atoms with Crippen molar-refractivity contribution in [2.24, 2.45) is 0 Å². The summed E-state index contributed by atoms with van der Waals surface area (Å²) in [6.45, 7) is 8.38. The maximum Gasteiger partial charge on any atom is 0.169 e. The Labute approximate surface area is 143 Å². The summed E-state index contributed by atoms with van der Waals surface area (Å²) in [6.07, 6.45) is -1.21. The Hall–Kier alpha value is -2.77. The third-order valence-electron chi connectivity index (χ3n) is 3.01. The van der Waals surface area contributed by atoms with E-state index >= 15 is 0 Å². The van der Waals surface area contributed by atoms with Gasteiger partial charge in [-0.05, 0) is 11.6 Å². The molecule has 24 heavy (non-hydrogen) atoms. The lowest BCUT2D eigenvalue weighted by atomic mass is 10.1. The number of hydrogen-bond donors (Lipinski definition) is 1. The van der Waals surface area contributed by atoms with Crippen molar-refractivity contribution in [2.75, 3.05) is 6.61 Å². The Balaban J connectivity index is 0.00000139. The molecule has 0 heterocycles. The number of nitrogens with zero attached hydrogens (tertiary/aromatic N) is 1. The maximum absolute atomic E-state index is 9.63. The van der Waals surface area contributed by atoms with Crippen molar-refractivity contribution >= 4 is 0 Å². The van der Waals surface area contributed by atoms with E-state index in [0.29, 0.717) is 23.7 Å². The first-order valence-corrected chi connectivity index (χ1v) is 7.84. The van der Waals surface area contributed by atoms with Crippen LogP contribution in [0.1, 0.15) is 31.1 Å². The van der Waals surface area contributed by atoms with Gasteiger partial charge in [0, 0.05) is 5.56 Å². The van der Waals surface area contributed by atoms with Gasteiger partial charge in [0.2, 0.25) is 0 Å². The Bertz CT molecular complexity index is 662. The van der Waals surface area contributed by atoms with Crippen LogP contribution in [0.4, 0.5) is 0 Å². The molecule has 0 saturated heterocycles. The van der Waals surface area contributed by atoms with Crippen molar-refractivity contribution in [3.8, 4) is 11.8 Å². The van der Waals surface area contributed by atoms with Crippen LogP contribution in [-0.4, -0.2) is 11.7 Å². The van der Waals surface area contributed by atoms with Gasteiger partial charge in [0.15, 0.2) is 6.10 Å². The SMILES string of the molecule is C=C(COc1ccccc1C(O)C#N)OCc1ccccc1.CC. The van der Waals surface area contributed by atoms with Gasteiger partial charge in [-0.25, -0.2) is 0 Å². The monoisotopic (exact) mass is 325 g/mol. The lowest BCUT2D eigenvalue weighted by Gasteiger charge is -2.14. The fraction of sp³-hybridized carbons (Fsp3) is 0.250. The largest absolute Gasteiger partial charge is 0.490 e. The second kappa shape index (κ2) is 10.9. The molecular formula is C20H23NO3. The van der Waals surface area contributed by atoms with Crippen molar-refractivity contribution in [3.05, 3.63) is 78.1 Å². The summed E-state index contributed by atoms with van der Waals surface area (Å²) < 4.78 is 11.1. The number of para-hydroxylation sites is 1. The fourth-order valence-electron chi connectivity index (χ4n) is 1.87. The van der Waals surface area contributed by atoms with Gasteiger partial charge in [0.25, 0.3) is 0 Å². The van der Waals surface area contributed by atoms with E-state index in [4.69, 9.17) is 14.7 Å². The highest BCUT2D eigenvalue weighted by molar-refractivity contribution is 5.37. The quantitative estimate of drug-likeness (QED) is 0.606. The maximum atomic E-state index is 9.63. The molecule has 0 aliphatic rings. The summed E-state index contributed by atoms with van der Waals surface area (Å²) in [5.74, 6) is 0.922. The van der Waals surface area contributed by atoms with Gasteiger partial charge in [-0.3, -0.25) is 0 Å². The van der Waals surface area contributed by atoms with E-state index in [9.17, 15) is 5.11 Å². The third-order valence-corrected chi connectivity index (χ3v) is 3.01. The smallest absolute Gasteiger partial charge is 0.169 e. The number of benzene rings is 2. The molecule has 0 bridgehead atoms. The zero-order valence-electron chi connectivity index (χ0n) is 14.1. The first-order chi connectivity index (χ1) is 11.7. The van der Waals surface area contributed by atoms with Gasteiger partial charge in [0.05, 0.1) is 6.07 Å². The topological polar surface area (TPSA) is 62.5 Å². The lowest BCUT2D eigenvalue weighted by Crippen LogP contribution is -2.06. The van der Waals surface area contributed by atoms with Crippen LogP contribution in [0.3, 0.4) is 0 Å². The Morgan fingerprint density at radius 3 is 2.42 bits per heavy atom. The molecule has 4 nitrogen and oxygen atoms in total. The van der Waals surface area contributed by atoms with Crippen molar-refractivity contribution < 1.29 is 14.6 Å². The summed E-state index contributed by atoms with van der Waals surface area (Å²) in [5, 5.41) is 18.4. The van der Waals surface area contributed by atoms with E-state index < -0.39 is 6.10 Å². The molecule has 1 N–H and O–H groups in total. The molecule has 2 rings (SSSR count). The molecule has 0 saturated carbocycles. The molecule has 0 aliphatic heterocycles. The summed E-state index contributed by atoms with van der Waals surface area (Å²) in [7, 11) is 0. The van der Waals surface area contributed by atoms with Gasteiger partial charge in [0.1, 0.15) is 24.7 Å².